The second-order valence-electron chi connectivity index (χ2n) is 4.16. The maximum atomic E-state index is 12.4. The predicted molar refractivity (Wildman–Crippen MR) is 78.2 cm³/mol. The number of carbonyl (C=O) groups excluding carboxylic acids is 1. The Kier molecular flexibility index (Phi) is 6.84. The summed E-state index contributed by atoms with van der Waals surface area (Å²) in [6.07, 6.45) is 3.71. The second-order valence-corrected chi connectivity index (χ2v) is 5.01. The number of halogens is 2. The monoisotopic (exact) mass is 415 g/mol. The first-order valence-electron chi connectivity index (χ1n) is 6.04. The molecule has 0 fully saturated rings. The predicted octanol–water partition coefficient (Wildman–Crippen LogP) is -0.359. The van der Waals surface area contributed by atoms with Crippen molar-refractivity contribution < 1.29 is 35.8 Å². The van der Waals surface area contributed by atoms with Crippen molar-refractivity contribution in [3.8, 4) is 11.5 Å². The van der Waals surface area contributed by atoms with Gasteiger partial charge < -0.3 is 26.5 Å². The number of ketones is 1. The van der Waals surface area contributed by atoms with E-state index in [2.05, 4.69) is 15.9 Å². The lowest BCUT2D eigenvalue weighted by Gasteiger charge is -2.10. The summed E-state index contributed by atoms with van der Waals surface area (Å²) in [7, 11) is 3.11. The van der Waals surface area contributed by atoms with Crippen LogP contribution in [0.4, 0.5) is 0 Å². The zero-order valence-corrected chi connectivity index (χ0v) is 14.8. The maximum Gasteiger partial charge on any atom is 0.228 e. The summed E-state index contributed by atoms with van der Waals surface area (Å²) >= 11 is 3.40. The van der Waals surface area contributed by atoms with Crippen molar-refractivity contribution in [1.29, 1.82) is 0 Å². The largest absolute Gasteiger partial charge is 1.00 e. The summed E-state index contributed by atoms with van der Waals surface area (Å²) in [5, 5.41) is 0. The van der Waals surface area contributed by atoms with E-state index in [1.54, 1.807) is 26.4 Å². The lowest BCUT2D eigenvalue weighted by Crippen LogP contribution is -3.00. The molecule has 2 rings (SSSR count). The van der Waals surface area contributed by atoms with E-state index in [1.807, 2.05) is 35.2 Å². The van der Waals surface area contributed by atoms with Gasteiger partial charge in [-0.25, -0.2) is 0 Å². The van der Waals surface area contributed by atoms with Crippen molar-refractivity contribution in [3.05, 3.63) is 52.8 Å². The van der Waals surface area contributed by atoms with Crippen LogP contribution in [-0.4, -0.2) is 20.0 Å². The quantitative estimate of drug-likeness (QED) is 0.493. The van der Waals surface area contributed by atoms with E-state index < -0.39 is 0 Å². The van der Waals surface area contributed by atoms with Crippen molar-refractivity contribution in [2.75, 3.05) is 14.2 Å². The smallest absolute Gasteiger partial charge is 0.228 e. The van der Waals surface area contributed by atoms with Crippen LogP contribution < -0.4 is 31.0 Å². The maximum absolute atomic E-state index is 12.4. The minimum absolute atomic E-state index is 0. The SMILES string of the molecule is COc1cc(Br)c(C(=O)C[n+]2ccccc2)cc1OC.[Br-]. The van der Waals surface area contributed by atoms with Crippen molar-refractivity contribution >= 4 is 21.7 Å². The zero-order valence-electron chi connectivity index (χ0n) is 11.7. The first-order valence-corrected chi connectivity index (χ1v) is 6.84. The summed E-state index contributed by atoms with van der Waals surface area (Å²) in [6.45, 7) is 0.273. The minimum atomic E-state index is -0.00553. The molecule has 6 heteroatoms. The molecule has 2 aromatic rings. The third-order valence-corrected chi connectivity index (χ3v) is 3.53. The van der Waals surface area contributed by atoms with Crippen LogP contribution in [0.5, 0.6) is 11.5 Å². The molecular weight excluding hydrogens is 402 g/mol. The molecule has 0 unspecified atom stereocenters. The second kappa shape index (κ2) is 8.14. The zero-order chi connectivity index (χ0) is 14.5. The van der Waals surface area contributed by atoms with Crippen molar-refractivity contribution in [3.63, 3.8) is 0 Å². The van der Waals surface area contributed by atoms with Crippen LogP contribution >= 0.6 is 15.9 Å². The van der Waals surface area contributed by atoms with Gasteiger partial charge in [0.15, 0.2) is 23.9 Å². The Morgan fingerprint density at radius 2 is 1.67 bits per heavy atom. The fourth-order valence-corrected chi connectivity index (χ4v) is 2.40. The number of hydrogen-bond donors (Lipinski definition) is 0. The number of nitrogens with zero attached hydrogens (tertiary/aromatic N) is 1. The molecule has 0 radical (unpaired) electrons. The van der Waals surface area contributed by atoms with Gasteiger partial charge in [-0.15, -0.1) is 0 Å². The molecule has 0 N–H and O–H groups in total. The summed E-state index contributed by atoms with van der Waals surface area (Å²) in [4.78, 5) is 12.4. The summed E-state index contributed by atoms with van der Waals surface area (Å²) in [6, 6.07) is 9.11. The van der Waals surface area contributed by atoms with Gasteiger partial charge in [0.2, 0.25) is 12.3 Å². The Morgan fingerprint density at radius 1 is 1.10 bits per heavy atom. The van der Waals surface area contributed by atoms with Crippen LogP contribution in [0.15, 0.2) is 47.2 Å². The van der Waals surface area contributed by atoms with Crippen molar-refractivity contribution in [2.45, 2.75) is 6.54 Å². The molecular formula is C15H15Br2NO3. The van der Waals surface area contributed by atoms with Crippen LogP contribution in [0, 0.1) is 0 Å². The van der Waals surface area contributed by atoms with E-state index in [0.717, 1.165) is 0 Å². The molecule has 0 aliphatic rings. The van der Waals surface area contributed by atoms with Crippen LogP contribution in [0.3, 0.4) is 0 Å². The van der Waals surface area contributed by atoms with Gasteiger partial charge in [-0.2, -0.15) is 4.57 Å². The molecule has 0 saturated carbocycles. The number of carbonyl (C=O) groups is 1. The third-order valence-electron chi connectivity index (χ3n) is 2.88. The Bertz CT molecular complexity index is 618. The number of pyridine rings is 1. The summed E-state index contributed by atoms with van der Waals surface area (Å²) < 4.78 is 12.9. The van der Waals surface area contributed by atoms with E-state index in [9.17, 15) is 4.79 Å². The first-order chi connectivity index (χ1) is 9.65. The van der Waals surface area contributed by atoms with Crippen molar-refractivity contribution in [2.24, 2.45) is 0 Å². The molecule has 0 spiro atoms. The fourth-order valence-electron chi connectivity index (χ4n) is 1.86. The lowest BCUT2D eigenvalue weighted by molar-refractivity contribution is -0.683. The Morgan fingerprint density at radius 3 is 2.24 bits per heavy atom. The van der Waals surface area contributed by atoms with E-state index >= 15 is 0 Å². The highest BCUT2D eigenvalue weighted by Gasteiger charge is 2.18. The van der Waals surface area contributed by atoms with Gasteiger partial charge in [0.25, 0.3) is 0 Å². The Balaban J connectivity index is 0.00000220. The van der Waals surface area contributed by atoms with Crippen LogP contribution in [0.1, 0.15) is 10.4 Å². The highest BCUT2D eigenvalue weighted by atomic mass is 79.9. The van der Waals surface area contributed by atoms with Gasteiger partial charge in [0, 0.05) is 22.2 Å². The molecule has 0 aliphatic heterocycles. The molecule has 1 heterocycles. The van der Waals surface area contributed by atoms with Gasteiger partial charge in [0.05, 0.1) is 14.2 Å². The number of benzene rings is 1. The van der Waals surface area contributed by atoms with E-state index in [0.29, 0.717) is 21.5 Å². The van der Waals surface area contributed by atoms with E-state index in [-0.39, 0.29) is 29.3 Å². The molecule has 0 bridgehead atoms. The van der Waals surface area contributed by atoms with Crippen molar-refractivity contribution in [1.82, 2.24) is 0 Å². The summed E-state index contributed by atoms with van der Waals surface area (Å²) in [5.74, 6) is 1.12. The topological polar surface area (TPSA) is 39.4 Å². The number of methoxy groups -OCH3 is 2. The van der Waals surface area contributed by atoms with Gasteiger partial charge in [-0.05, 0) is 28.1 Å². The number of ether oxygens (including phenoxy) is 2. The Hall–Kier alpha value is -1.40. The molecule has 0 saturated heterocycles. The lowest BCUT2D eigenvalue weighted by atomic mass is 10.1. The Labute approximate surface area is 142 Å². The summed E-state index contributed by atoms with van der Waals surface area (Å²) in [5.41, 5.74) is 0.569. The molecule has 0 aliphatic carbocycles. The number of aromatic nitrogens is 1. The number of Topliss-reactive ketones (excluding diaryl/α,β-unsaturated/α-hetero) is 1. The molecule has 112 valence electrons. The van der Waals surface area contributed by atoms with E-state index in [4.69, 9.17) is 9.47 Å². The van der Waals surface area contributed by atoms with E-state index in [1.165, 1.54) is 0 Å². The minimum Gasteiger partial charge on any atom is -1.00 e. The normalized spacial score (nSPS) is 9.67. The molecule has 1 aromatic carbocycles. The van der Waals surface area contributed by atoms with Crippen LogP contribution in [0.25, 0.3) is 0 Å². The van der Waals surface area contributed by atoms with Crippen LogP contribution in [-0.2, 0) is 6.54 Å². The average Bonchev–Trinajstić information content (AvgIpc) is 2.47. The fraction of sp³-hybridized carbons (Fsp3) is 0.200. The van der Waals surface area contributed by atoms with Gasteiger partial charge in [-0.3, -0.25) is 4.79 Å². The molecule has 0 amide bonds. The van der Waals surface area contributed by atoms with Gasteiger partial charge in [-0.1, -0.05) is 6.07 Å². The average molecular weight is 417 g/mol. The van der Waals surface area contributed by atoms with Gasteiger partial charge in [0.1, 0.15) is 0 Å². The third kappa shape index (κ3) is 4.28. The number of rotatable bonds is 5. The molecule has 4 nitrogen and oxygen atoms in total. The number of hydrogen-bond acceptors (Lipinski definition) is 3. The molecule has 21 heavy (non-hydrogen) atoms. The highest BCUT2D eigenvalue weighted by molar-refractivity contribution is 9.10. The standard InChI is InChI=1S/C15H15BrNO3.BrH/c1-19-14-8-11(12(16)9-15(14)20-2)13(18)10-17-6-4-3-5-7-17;/h3-9H,10H2,1-2H3;1H/q+1;/p-1. The van der Waals surface area contributed by atoms with Gasteiger partial charge >= 0.3 is 0 Å². The molecule has 1 aromatic heterocycles. The highest BCUT2D eigenvalue weighted by Crippen LogP contribution is 2.33. The molecule has 0 atom stereocenters. The van der Waals surface area contributed by atoms with Crippen LogP contribution in [0.2, 0.25) is 0 Å². The first kappa shape index (κ1) is 17.7.